The Morgan fingerprint density at radius 1 is 0.861 bits per heavy atom. The van der Waals surface area contributed by atoms with Crippen molar-refractivity contribution in [3.8, 4) is 5.75 Å². The molecule has 1 atom stereocenters. The normalized spacial score (nSPS) is 19.8. The average Bonchev–Trinajstić information content (AvgIpc) is 2.97. The van der Waals surface area contributed by atoms with Crippen molar-refractivity contribution < 1.29 is 19.1 Å². The number of piperazine rings is 1. The van der Waals surface area contributed by atoms with E-state index in [9.17, 15) is 14.4 Å². The van der Waals surface area contributed by atoms with Gasteiger partial charge in [-0.25, -0.2) is 0 Å². The third-order valence-electron chi connectivity index (χ3n) is 7.08. The molecule has 2 aromatic rings. The third kappa shape index (κ3) is 6.36. The molecule has 192 valence electrons. The van der Waals surface area contributed by atoms with Crippen LogP contribution in [0.15, 0.2) is 54.6 Å². The van der Waals surface area contributed by atoms with Gasteiger partial charge in [0.05, 0.1) is 12.8 Å². The molecule has 2 saturated heterocycles. The smallest absolute Gasteiger partial charge is 0.253 e. The molecule has 0 aromatic heterocycles. The number of carbonyl (C=O) groups excluding carboxylic acids is 3. The summed E-state index contributed by atoms with van der Waals surface area (Å²) in [6.07, 6.45) is 2.30. The van der Waals surface area contributed by atoms with Crippen LogP contribution in [0.5, 0.6) is 5.75 Å². The van der Waals surface area contributed by atoms with Crippen LogP contribution in [-0.4, -0.2) is 80.4 Å². The molecule has 0 bridgehead atoms. The fourth-order valence-electron chi connectivity index (χ4n) is 5.03. The van der Waals surface area contributed by atoms with Gasteiger partial charge in [-0.05, 0) is 43.5 Å². The van der Waals surface area contributed by atoms with Crippen molar-refractivity contribution in [2.45, 2.75) is 25.7 Å². The molecule has 2 aliphatic heterocycles. The summed E-state index contributed by atoms with van der Waals surface area (Å²) >= 11 is 0. The van der Waals surface area contributed by atoms with Gasteiger partial charge in [-0.1, -0.05) is 30.3 Å². The van der Waals surface area contributed by atoms with Crippen molar-refractivity contribution in [1.29, 1.82) is 0 Å². The predicted molar refractivity (Wildman–Crippen MR) is 139 cm³/mol. The second kappa shape index (κ2) is 12.4. The Hall–Kier alpha value is -3.55. The van der Waals surface area contributed by atoms with Gasteiger partial charge in [0.15, 0.2) is 0 Å². The minimum atomic E-state index is -0.171. The van der Waals surface area contributed by atoms with Crippen molar-refractivity contribution in [3.05, 3.63) is 60.2 Å². The van der Waals surface area contributed by atoms with E-state index in [-0.39, 0.29) is 30.1 Å². The molecule has 2 fully saturated rings. The lowest BCUT2D eigenvalue weighted by atomic mass is 9.96. The number of amides is 3. The largest absolute Gasteiger partial charge is 0.495 e. The molecule has 8 heteroatoms. The van der Waals surface area contributed by atoms with Gasteiger partial charge in [-0.3, -0.25) is 14.4 Å². The number of rotatable bonds is 4. The summed E-state index contributed by atoms with van der Waals surface area (Å²) in [5, 5.41) is 2.94. The maximum atomic E-state index is 13.5. The summed E-state index contributed by atoms with van der Waals surface area (Å²) in [5.41, 5.74) is 1.67. The summed E-state index contributed by atoms with van der Waals surface area (Å²) < 4.78 is 5.50. The predicted octanol–water partition coefficient (Wildman–Crippen LogP) is 2.79. The van der Waals surface area contributed by atoms with Gasteiger partial charge < -0.3 is 24.8 Å². The first kappa shape index (κ1) is 25.5. The third-order valence-corrected chi connectivity index (χ3v) is 7.08. The molecule has 0 radical (unpaired) electrons. The molecule has 2 aliphatic rings. The lowest BCUT2D eigenvalue weighted by Gasteiger charge is -2.38. The van der Waals surface area contributed by atoms with E-state index in [1.54, 1.807) is 24.1 Å². The summed E-state index contributed by atoms with van der Waals surface area (Å²) in [5.74, 6) is 0.655. The number of para-hydroxylation sites is 2. The number of ether oxygens (including phenoxy) is 1. The van der Waals surface area contributed by atoms with Crippen molar-refractivity contribution in [3.63, 3.8) is 0 Å². The first-order valence-electron chi connectivity index (χ1n) is 12.8. The number of carbonyl (C=O) groups is 3. The number of hydrogen-bond donors (Lipinski definition) is 1. The minimum absolute atomic E-state index is 0.0713. The molecule has 2 heterocycles. The van der Waals surface area contributed by atoms with Gasteiger partial charge in [0.25, 0.3) is 5.91 Å². The van der Waals surface area contributed by atoms with Gasteiger partial charge in [-0.2, -0.15) is 0 Å². The molecule has 36 heavy (non-hydrogen) atoms. The van der Waals surface area contributed by atoms with Crippen LogP contribution in [0.3, 0.4) is 0 Å². The van der Waals surface area contributed by atoms with E-state index in [4.69, 9.17) is 4.74 Å². The Morgan fingerprint density at radius 2 is 1.58 bits per heavy atom. The van der Waals surface area contributed by atoms with Crippen LogP contribution in [-0.2, 0) is 9.59 Å². The quantitative estimate of drug-likeness (QED) is 0.710. The maximum Gasteiger partial charge on any atom is 0.253 e. The van der Waals surface area contributed by atoms with E-state index in [2.05, 4.69) is 10.2 Å². The first-order chi connectivity index (χ1) is 17.6. The highest BCUT2D eigenvalue weighted by molar-refractivity contribution is 5.94. The van der Waals surface area contributed by atoms with Crippen molar-refractivity contribution >= 4 is 23.4 Å². The number of methoxy groups -OCH3 is 1. The molecule has 1 unspecified atom stereocenters. The fourth-order valence-corrected chi connectivity index (χ4v) is 5.03. The Balaban J connectivity index is 1.37. The minimum Gasteiger partial charge on any atom is -0.495 e. The van der Waals surface area contributed by atoms with E-state index >= 15 is 0 Å². The molecule has 3 amide bonds. The van der Waals surface area contributed by atoms with Crippen LogP contribution in [0.4, 0.5) is 5.69 Å². The molecule has 2 aromatic carbocycles. The number of nitrogens with one attached hydrogen (secondary N) is 1. The molecule has 1 N–H and O–H groups in total. The average molecular weight is 493 g/mol. The van der Waals surface area contributed by atoms with E-state index in [1.165, 1.54) is 0 Å². The summed E-state index contributed by atoms with van der Waals surface area (Å²) in [6, 6.07) is 17.1. The van der Waals surface area contributed by atoms with Gasteiger partial charge in [0.2, 0.25) is 11.8 Å². The topological polar surface area (TPSA) is 82.2 Å². The standard InChI is InChI=1S/C28H36N4O4/c1-36-25-12-6-5-11-24(25)30-18-20-32(21-19-30)28(35)23-10-7-16-31(17-14-26(33)29-15-13-23)27(34)22-8-3-2-4-9-22/h2-6,8-9,11-12,23H,7,10,13-21H2,1H3,(H,29,33). The van der Waals surface area contributed by atoms with E-state index in [1.807, 2.05) is 47.4 Å². The fraction of sp³-hybridized carbons (Fsp3) is 0.464. The number of hydrogen-bond acceptors (Lipinski definition) is 5. The monoisotopic (exact) mass is 492 g/mol. The van der Waals surface area contributed by atoms with E-state index in [0.29, 0.717) is 51.1 Å². The lowest BCUT2D eigenvalue weighted by Crippen LogP contribution is -2.50. The van der Waals surface area contributed by atoms with Gasteiger partial charge in [-0.15, -0.1) is 0 Å². The second-order valence-corrected chi connectivity index (χ2v) is 9.37. The lowest BCUT2D eigenvalue weighted by molar-refractivity contribution is -0.136. The van der Waals surface area contributed by atoms with Gasteiger partial charge in [0, 0.05) is 63.7 Å². The van der Waals surface area contributed by atoms with Crippen LogP contribution < -0.4 is 15.0 Å². The zero-order valence-electron chi connectivity index (χ0n) is 21.0. The highest BCUT2D eigenvalue weighted by Crippen LogP contribution is 2.29. The molecular weight excluding hydrogens is 456 g/mol. The summed E-state index contributed by atoms with van der Waals surface area (Å²) in [6.45, 7) is 4.18. The van der Waals surface area contributed by atoms with Crippen LogP contribution in [0, 0.1) is 5.92 Å². The highest BCUT2D eigenvalue weighted by Gasteiger charge is 2.29. The number of nitrogens with zero attached hydrogens (tertiary/aromatic N) is 3. The Bertz CT molecular complexity index is 1040. The maximum absolute atomic E-state index is 13.5. The van der Waals surface area contributed by atoms with Crippen molar-refractivity contribution in [1.82, 2.24) is 15.1 Å². The van der Waals surface area contributed by atoms with E-state index in [0.717, 1.165) is 30.9 Å². The van der Waals surface area contributed by atoms with Gasteiger partial charge in [0.1, 0.15) is 5.75 Å². The molecule has 4 rings (SSSR count). The van der Waals surface area contributed by atoms with Crippen molar-refractivity contribution in [2.24, 2.45) is 5.92 Å². The highest BCUT2D eigenvalue weighted by atomic mass is 16.5. The summed E-state index contributed by atoms with van der Waals surface area (Å²) in [4.78, 5) is 44.8. The zero-order valence-corrected chi connectivity index (χ0v) is 21.0. The van der Waals surface area contributed by atoms with Crippen molar-refractivity contribution in [2.75, 3.05) is 57.8 Å². The van der Waals surface area contributed by atoms with Crippen LogP contribution in [0.1, 0.15) is 36.0 Å². The summed E-state index contributed by atoms with van der Waals surface area (Å²) in [7, 11) is 1.67. The number of benzene rings is 2. The molecule has 8 nitrogen and oxygen atoms in total. The second-order valence-electron chi connectivity index (χ2n) is 9.37. The number of anilines is 1. The van der Waals surface area contributed by atoms with E-state index < -0.39 is 0 Å². The zero-order chi connectivity index (χ0) is 25.3. The Kier molecular flexibility index (Phi) is 8.81. The van der Waals surface area contributed by atoms with Crippen LogP contribution in [0.2, 0.25) is 0 Å². The molecule has 0 aliphatic carbocycles. The first-order valence-corrected chi connectivity index (χ1v) is 12.8. The molecular formula is C28H36N4O4. The molecule has 0 spiro atoms. The van der Waals surface area contributed by atoms with Gasteiger partial charge >= 0.3 is 0 Å². The van der Waals surface area contributed by atoms with Crippen LogP contribution >= 0.6 is 0 Å². The molecule has 0 saturated carbocycles. The SMILES string of the molecule is COc1ccccc1N1CCN(C(=O)C2CCCN(C(=O)c3ccccc3)CCC(=O)NCC2)CC1. The Labute approximate surface area is 213 Å². The van der Waals surface area contributed by atoms with Crippen LogP contribution in [0.25, 0.3) is 0 Å². The Morgan fingerprint density at radius 3 is 2.33 bits per heavy atom.